The number of nitrogens with one attached hydrogen (secondary N) is 1. The van der Waals surface area contributed by atoms with Crippen molar-refractivity contribution < 1.29 is 0 Å². The van der Waals surface area contributed by atoms with Crippen molar-refractivity contribution in [3.8, 4) is 0 Å². The van der Waals surface area contributed by atoms with Gasteiger partial charge in [-0.05, 0) is 48.8 Å². The van der Waals surface area contributed by atoms with Crippen LogP contribution in [-0.4, -0.2) is 17.5 Å². The van der Waals surface area contributed by atoms with E-state index in [4.69, 9.17) is 0 Å². The van der Waals surface area contributed by atoms with Gasteiger partial charge in [-0.3, -0.25) is 0 Å². The van der Waals surface area contributed by atoms with Gasteiger partial charge in [-0.1, -0.05) is 25.1 Å². The molecule has 1 nitrogen and oxygen atoms in total. The number of aryl methyl sites for hydroxylation is 2. The predicted octanol–water partition coefficient (Wildman–Crippen LogP) is 3.86. The number of hydrogen-bond donors (Lipinski definition) is 1. The van der Waals surface area contributed by atoms with Crippen molar-refractivity contribution >= 4 is 17.4 Å². The van der Waals surface area contributed by atoms with Crippen LogP contribution in [0.2, 0.25) is 0 Å². The maximum Gasteiger partial charge on any atom is 0.0404 e. The molecule has 1 saturated heterocycles. The monoisotopic (exact) mass is 235 g/mol. The normalized spacial score (nSPS) is 17.4. The van der Waals surface area contributed by atoms with Crippen molar-refractivity contribution in [3.63, 3.8) is 0 Å². The molecule has 1 aliphatic rings. The molecule has 0 saturated carbocycles. The van der Waals surface area contributed by atoms with Gasteiger partial charge in [0.05, 0.1) is 0 Å². The molecule has 0 aromatic heterocycles. The van der Waals surface area contributed by atoms with E-state index < -0.39 is 0 Å². The van der Waals surface area contributed by atoms with Crippen LogP contribution in [0.25, 0.3) is 0 Å². The Hall–Kier alpha value is -0.630. The third kappa shape index (κ3) is 2.73. The zero-order valence-electron chi connectivity index (χ0n) is 10.3. The highest BCUT2D eigenvalue weighted by molar-refractivity contribution is 7.99. The summed E-state index contributed by atoms with van der Waals surface area (Å²) in [6.45, 7) is 4.44. The summed E-state index contributed by atoms with van der Waals surface area (Å²) in [5, 5.41) is 3.76. The summed E-state index contributed by atoms with van der Waals surface area (Å²) < 4.78 is 0. The Morgan fingerprint density at radius 3 is 2.75 bits per heavy atom. The summed E-state index contributed by atoms with van der Waals surface area (Å²) in [4.78, 5) is 0. The van der Waals surface area contributed by atoms with Crippen LogP contribution in [0.15, 0.2) is 18.2 Å². The van der Waals surface area contributed by atoms with E-state index in [2.05, 4.69) is 49.1 Å². The van der Waals surface area contributed by atoms with Crippen LogP contribution >= 0.6 is 11.8 Å². The average molecular weight is 235 g/mol. The van der Waals surface area contributed by atoms with Gasteiger partial charge in [-0.15, -0.1) is 0 Å². The van der Waals surface area contributed by atoms with E-state index in [9.17, 15) is 0 Å². The van der Waals surface area contributed by atoms with Crippen LogP contribution in [0.4, 0.5) is 5.69 Å². The van der Waals surface area contributed by atoms with Gasteiger partial charge in [-0.2, -0.15) is 11.8 Å². The zero-order chi connectivity index (χ0) is 11.4. The van der Waals surface area contributed by atoms with E-state index in [1.165, 1.54) is 41.2 Å². The third-order valence-electron chi connectivity index (χ3n) is 3.31. The molecular formula is C14H21NS. The van der Waals surface area contributed by atoms with Gasteiger partial charge >= 0.3 is 0 Å². The lowest BCUT2D eigenvalue weighted by atomic mass is 10.0. The minimum atomic E-state index is 0.688. The second-order valence-electron chi connectivity index (χ2n) is 4.49. The van der Waals surface area contributed by atoms with Gasteiger partial charge in [0, 0.05) is 11.7 Å². The van der Waals surface area contributed by atoms with Crippen LogP contribution < -0.4 is 5.32 Å². The Labute approximate surface area is 103 Å². The van der Waals surface area contributed by atoms with Gasteiger partial charge in [0.1, 0.15) is 0 Å². The van der Waals surface area contributed by atoms with Crippen LogP contribution in [-0.2, 0) is 6.42 Å². The maximum atomic E-state index is 3.76. The molecule has 88 valence electrons. The smallest absolute Gasteiger partial charge is 0.0404 e. The van der Waals surface area contributed by atoms with E-state index in [0.29, 0.717) is 6.04 Å². The lowest BCUT2D eigenvalue weighted by Gasteiger charge is -2.26. The van der Waals surface area contributed by atoms with Crippen molar-refractivity contribution in [3.05, 3.63) is 29.3 Å². The topological polar surface area (TPSA) is 12.0 Å². The van der Waals surface area contributed by atoms with Crippen molar-refractivity contribution in [1.82, 2.24) is 0 Å². The predicted molar refractivity (Wildman–Crippen MR) is 74.5 cm³/mol. The van der Waals surface area contributed by atoms with Crippen LogP contribution in [0, 0.1) is 6.92 Å². The second kappa shape index (κ2) is 5.62. The standard InChI is InChI=1S/C14H21NS/c1-3-12-6-4-5-11(2)14(12)15-13-7-9-16-10-8-13/h4-6,13,15H,3,7-10H2,1-2H3. The Bertz CT molecular complexity index is 343. The van der Waals surface area contributed by atoms with Gasteiger partial charge in [0.25, 0.3) is 0 Å². The summed E-state index contributed by atoms with van der Waals surface area (Å²) in [5.74, 6) is 2.62. The number of hydrogen-bond acceptors (Lipinski definition) is 2. The molecule has 1 heterocycles. The lowest BCUT2D eigenvalue weighted by molar-refractivity contribution is 0.665. The first kappa shape index (κ1) is 11.8. The molecule has 0 spiro atoms. The van der Waals surface area contributed by atoms with E-state index >= 15 is 0 Å². The van der Waals surface area contributed by atoms with Crippen molar-refractivity contribution in [2.24, 2.45) is 0 Å². The zero-order valence-corrected chi connectivity index (χ0v) is 11.1. The van der Waals surface area contributed by atoms with Crippen LogP contribution in [0.3, 0.4) is 0 Å². The molecule has 0 atom stereocenters. The number of thioether (sulfide) groups is 1. The molecule has 1 aliphatic heterocycles. The molecule has 0 aliphatic carbocycles. The molecule has 1 fully saturated rings. The van der Waals surface area contributed by atoms with E-state index in [1.807, 2.05) is 0 Å². The highest BCUT2D eigenvalue weighted by Crippen LogP contribution is 2.26. The fourth-order valence-corrected chi connectivity index (χ4v) is 3.38. The molecule has 16 heavy (non-hydrogen) atoms. The minimum absolute atomic E-state index is 0.688. The van der Waals surface area contributed by atoms with Crippen LogP contribution in [0.5, 0.6) is 0 Å². The fourth-order valence-electron chi connectivity index (χ4n) is 2.28. The molecule has 0 amide bonds. The van der Waals surface area contributed by atoms with Crippen molar-refractivity contribution in [2.45, 2.75) is 39.2 Å². The molecule has 0 unspecified atom stereocenters. The Balaban J connectivity index is 2.12. The molecule has 2 heteroatoms. The van der Waals surface area contributed by atoms with E-state index in [1.54, 1.807) is 0 Å². The number of benzene rings is 1. The van der Waals surface area contributed by atoms with Crippen LogP contribution in [0.1, 0.15) is 30.9 Å². The molecule has 2 rings (SSSR count). The maximum absolute atomic E-state index is 3.76. The second-order valence-corrected chi connectivity index (χ2v) is 5.72. The van der Waals surface area contributed by atoms with Gasteiger partial charge < -0.3 is 5.32 Å². The fraction of sp³-hybridized carbons (Fsp3) is 0.571. The number of rotatable bonds is 3. The van der Waals surface area contributed by atoms with Crippen molar-refractivity contribution in [2.75, 3.05) is 16.8 Å². The number of anilines is 1. The Morgan fingerprint density at radius 1 is 1.31 bits per heavy atom. The SMILES string of the molecule is CCc1cccc(C)c1NC1CCSCC1. The van der Waals surface area contributed by atoms with Crippen molar-refractivity contribution in [1.29, 1.82) is 0 Å². The lowest BCUT2D eigenvalue weighted by Crippen LogP contribution is -2.25. The Morgan fingerprint density at radius 2 is 2.06 bits per heavy atom. The summed E-state index contributed by atoms with van der Waals surface area (Å²) in [7, 11) is 0. The summed E-state index contributed by atoms with van der Waals surface area (Å²) >= 11 is 2.08. The average Bonchev–Trinajstić information content (AvgIpc) is 2.33. The number of para-hydroxylation sites is 1. The third-order valence-corrected chi connectivity index (χ3v) is 4.36. The van der Waals surface area contributed by atoms with Gasteiger partial charge in [-0.25, -0.2) is 0 Å². The first-order chi connectivity index (χ1) is 7.81. The molecule has 1 N–H and O–H groups in total. The first-order valence-electron chi connectivity index (χ1n) is 6.24. The van der Waals surface area contributed by atoms with Gasteiger partial charge in [0.2, 0.25) is 0 Å². The summed E-state index contributed by atoms with van der Waals surface area (Å²) in [6, 6.07) is 7.30. The highest BCUT2D eigenvalue weighted by atomic mass is 32.2. The van der Waals surface area contributed by atoms with E-state index in [-0.39, 0.29) is 0 Å². The molecule has 1 aromatic rings. The summed E-state index contributed by atoms with van der Waals surface area (Å²) in [6.07, 6.45) is 3.73. The van der Waals surface area contributed by atoms with E-state index in [0.717, 1.165) is 6.42 Å². The Kier molecular flexibility index (Phi) is 4.16. The quantitative estimate of drug-likeness (QED) is 0.853. The molecular weight excluding hydrogens is 214 g/mol. The molecule has 0 bridgehead atoms. The molecule has 1 aromatic carbocycles. The largest absolute Gasteiger partial charge is 0.382 e. The first-order valence-corrected chi connectivity index (χ1v) is 7.39. The minimum Gasteiger partial charge on any atom is -0.382 e. The van der Waals surface area contributed by atoms with Gasteiger partial charge in [0.15, 0.2) is 0 Å². The summed E-state index contributed by atoms with van der Waals surface area (Å²) in [5.41, 5.74) is 4.23. The molecule has 0 radical (unpaired) electrons. The highest BCUT2D eigenvalue weighted by Gasteiger charge is 2.15.